The van der Waals surface area contributed by atoms with Gasteiger partial charge in [0.15, 0.2) is 0 Å². The molecule has 1 aliphatic rings. The molecule has 0 aliphatic heterocycles. The molecule has 0 aromatic heterocycles. The molecule has 88 valence electrons. The van der Waals surface area contributed by atoms with Crippen molar-refractivity contribution in [3.63, 3.8) is 0 Å². The van der Waals surface area contributed by atoms with Gasteiger partial charge >= 0.3 is 5.97 Å². The average Bonchev–Trinajstić information content (AvgIpc) is 2.69. The number of hydrogen-bond donors (Lipinski definition) is 1. The molecular formula is C12H23NO2. The van der Waals surface area contributed by atoms with Gasteiger partial charge in [0.1, 0.15) is 0 Å². The third-order valence-corrected chi connectivity index (χ3v) is 3.35. The van der Waals surface area contributed by atoms with Crippen LogP contribution in [0.15, 0.2) is 0 Å². The van der Waals surface area contributed by atoms with Crippen molar-refractivity contribution >= 4 is 5.97 Å². The van der Waals surface area contributed by atoms with Crippen LogP contribution in [0.4, 0.5) is 0 Å². The van der Waals surface area contributed by atoms with Crippen molar-refractivity contribution in [2.45, 2.75) is 57.4 Å². The topological polar surface area (TPSA) is 40.5 Å². The molecule has 0 saturated heterocycles. The van der Waals surface area contributed by atoms with Crippen LogP contribution in [0.2, 0.25) is 0 Å². The van der Waals surface area contributed by atoms with Crippen LogP contribution in [0.25, 0.3) is 0 Å². The molecule has 0 spiro atoms. The lowest BCUT2D eigenvalue weighted by molar-refractivity contribution is -0.137. The third-order valence-electron chi connectivity index (χ3n) is 3.35. The van der Waals surface area contributed by atoms with Crippen molar-refractivity contribution in [2.75, 3.05) is 13.6 Å². The second-order valence-corrected chi connectivity index (χ2v) is 4.62. The van der Waals surface area contributed by atoms with Gasteiger partial charge in [-0.15, -0.1) is 0 Å². The first kappa shape index (κ1) is 12.5. The van der Waals surface area contributed by atoms with E-state index in [2.05, 4.69) is 11.9 Å². The number of carboxylic acid groups (broad SMARTS) is 1. The summed E-state index contributed by atoms with van der Waals surface area (Å²) in [7, 11) is 2.20. The molecule has 0 unspecified atom stereocenters. The van der Waals surface area contributed by atoms with Crippen LogP contribution in [-0.4, -0.2) is 35.6 Å². The molecule has 0 bridgehead atoms. The van der Waals surface area contributed by atoms with Gasteiger partial charge < -0.3 is 10.0 Å². The predicted octanol–water partition coefficient (Wildman–Crippen LogP) is 2.51. The highest BCUT2D eigenvalue weighted by Gasteiger charge is 2.18. The Bertz CT molecular complexity index is 188. The van der Waals surface area contributed by atoms with Gasteiger partial charge in [-0.05, 0) is 39.3 Å². The standard InChI is InChI=1S/C12H23NO2/c1-13(11-7-4-5-8-11)10-6-2-3-9-12(14)15/h11H,2-10H2,1H3,(H,14,15). The highest BCUT2D eigenvalue weighted by Crippen LogP contribution is 2.22. The van der Waals surface area contributed by atoms with E-state index in [1.54, 1.807) is 0 Å². The van der Waals surface area contributed by atoms with Gasteiger partial charge in [0.25, 0.3) is 0 Å². The second-order valence-electron chi connectivity index (χ2n) is 4.62. The van der Waals surface area contributed by atoms with E-state index in [1.807, 2.05) is 0 Å². The maximum Gasteiger partial charge on any atom is 0.303 e. The zero-order chi connectivity index (χ0) is 11.1. The lowest BCUT2D eigenvalue weighted by atomic mass is 10.1. The fourth-order valence-electron chi connectivity index (χ4n) is 2.34. The highest BCUT2D eigenvalue weighted by atomic mass is 16.4. The Labute approximate surface area is 92.5 Å². The first-order valence-electron chi connectivity index (χ1n) is 6.12. The molecule has 15 heavy (non-hydrogen) atoms. The zero-order valence-corrected chi connectivity index (χ0v) is 9.74. The van der Waals surface area contributed by atoms with Gasteiger partial charge in [-0.3, -0.25) is 4.79 Å². The maximum absolute atomic E-state index is 10.3. The molecule has 0 aromatic carbocycles. The molecule has 0 heterocycles. The highest BCUT2D eigenvalue weighted by molar-refractivity contribution is 5.66. The summed E-state index contributed by atoms with van der Waals surface area (Å²) >= 11 is 0. The van der Waals surface area contributed by atoms with Gasteiger partial charge in [0, 0.05) is 12.5 Å². The minimum atomic E-state index is -0.667. The van der Waals surface area contributed by atoms with Crippen LogP contribution in [0, 0.1) is 0 Å². The summed E-state index contributed by atoms with van der Waals surface area (Å²) < 4.78 is 0. The van der Waals surface area contributed by atoms with Gasteiger partial charge in [-0.25, -0.2) is 0 Å². The van der Waals surface area contributed by atoms with E-state index in [0.717, 1.165) is 31.8 Å². The van der Waals surface area contributed by atoms with E-state index in [-0.39, 0.29) is 0 Å². The maximum atomic E-state index is 10.3. The molecule has 1 fully saturated rings. The number of hydrogen-bond acceptors (Lipinski definition) is 2. The van der Waals surface area contributed by atoms with Crippen molar-refractivity contribution in [1.29, 1.82) is 0 Å². The molecule has 0 atom stereocenters. The number of nitrogens with zero attached hydrogens (tertiary/aromatic N) is 1. The summed E-state index contributed by atoms with van der Waals surface area (Å²) in [6.45, 7) is 1.13. The zero-order valence-electron chi connectivity index (χ0n) is 9.74. The van der Waals surface area contributed by atoms with E-state index in [0.29, 0.717) is 6.42 Å². The molecule has 1 rings (SSSR count). The van der Waals surface area contributed by atoms with Crippen LogP contribution < -0.4 is 0 Å². The Morgan fingerprint density at radius 2 is 1.93 bits per heavy atom. The minimum Gasteiger partial charge on any atom is -0.481 e. The van der Waals surface area contributed by atoms with Gasteiger partial charge in [0.2, 0.25) is 0 Å². The fourth-order valence-corrected chi connectivity index (χ4v) is 2.34. The van der Waals surface area contributed by atoms with Crippen LogP contribution in [-0.2, 0) is 4.79 Å². The Hall–Kier alpha value is -0.570. The SMILES string of the molecule is CN(CCCCCC(=O)O)C1CCCC1. The number of carboxylic acids is 1. The smallest absolute Gasteiger partial charge is 0.303 e. The van der Waals surface area contributed by atoms with Crippen molar-refractivity contribution < 1.29 is 9.90 Å². The number of aliphatic carboxylic acids is 1. The predicted molar refractivity (Wildman–Crippen MR) is 61.0 cm³/mol. The molecule has 1 aliphatic carbocycles. The monoisotopic (exact) mass is 213 g/mol. The summed E-state index contributed by atoms with van der Waals surface area (Å²) in [5, 5.41) is 8.48. The van der Waals surface area contributed by atoms with Gasteiger partial charge in [-0.2, -0.15) is 0 Å². The normalized spacial score (nSPS) is 17.5. The number of carbonyl (C=O) groups is 1. The summed E-state index contributed by atoms with van der Waals surface area (Å²) in [4.78, 5) is 12.7. The largest absolute Gasteiger partial charge is 0.481 e. The van der Waals surface area contributed by atoms with Crippen LogP contribution in [0.1, 0.15) is 51.4 Å². The molecule has 0 radical (unpaired) electrons. The minimum absolute atomic E-state index is 0.327. The lowest BCUT2D eigenvalue weighted by Crippen LogP contribution is -2.29. The molecule has 0 aromatic rings. The first-order chi connectivity index (χ1) is 7.20. The quantitative estimate of drug-likeness (QED) is 0.661. The molecular weight excluding hydrogens is 190 g/mol. The Balaban J connectivity index is 1.96. The molecule has 1 saturated carbocycles. The third kappa shape index (κ3) is 5.17. The summed E-state index contributed by atoms with van der Waals surface area (Å²) in [5.74, 6) is -0.667. The van der Waals surface area contributed by atoms with Crippen molar-refractivity contribution in [3.8, 4) is 0 Å². The average molecular weight is 213 g/mol. The van der Waals surface area contributed by atoms with E-state index < -0.39 is 5.97 Å². The number of rotatable bonds is 7. The van der Waals surface area contributed by atoms with Crippen LogP contribution in [0.5, 0.6) is 0 Å². The van der Waals surface area contributed by atoms with E-state index in [4.69, 9.17) is 5.11 Å². The van der Waals surface area contributed by atoms with E-state index in [9.17, 15) is 4.79 Å². The molecule has 1 N–H and O–H groups in total. The first-order valence-corrected chi connectivity index (χ1v) is 6.12. The van der Waals surface area contributed by atoms with Crippen molar-refractivity contribution in [2.24, 2.45) is 0 Å². The van der Waals surface area contributed by atoms with Gasteiger partial charge in [-0.1, -0.05) is 19.3 Å². The Morgan fingerprint density at radius 1 is 1.27 bits per heavy atom. The summed E-state index contributed by atoms with van der Waals surface area (Å²) in [6, 6.07) is 0.796. The van der Waals surface area contributed by atoms with Gasteiger partial charge in [0.05, 0.1) is 0 Å². The van der Waals surface area contributed by atoms with Crippen molar-refractivity contribution in [3.05, 3.63) is 0 Å². The Morgan fingerprint density at radius 3 is 2.53 bits per heavy atom. The van der Waals surface area contributed by atoms with E-state index in [1.165, 1.54) is 25.7 Å². The van der Waals surface area contributed by atoms with Crippen molar-refractivity contribution in [1.82, 2.24) is 4.90 Å². The Kier molecular flexibility index (Phi) is 5.69. The molecule has 0 amide bonds. The molecule has 3 nitrogen and oxygen atoms in total. The van der Waals surface area contributed by atoms with Crippen LogP contribution >= 0.6 is 0 Å². The fraction of sp³-hybridized carbons (Fsp3) is 0.917. The van der Waals surface area contributed by atoms with E-state index >= 15 is 0 Å². The molecule has 3 heteroatoms. The second kappa shape index (κ2) is 6.83. The van der Waals surface area contributed by atoms with Crippen LogP contribution in [0.3, 0.4) is 0 Å². The summed E-state index contributed by atoms with van der Waals surface area (Å²) in [5.41, 5.74) is 0. The summed E-state index contributed by atoms with van der Waals surface area (Å²) in [6.07, 6.45) is 8.81. The number of unbranched alkanes of at least 4 members (excludes halogenated alkanes) is 2. The lowest BCUT2D eigenvalue weighted by Gasteiger charge is -2.23.